The number of fused-ring (bicyclic) bond motifs is 1. The van der Waals surface area contributed by atoms with Gasteiger partial charge in [-0.2, -0.15) is 0 Å². The van der Waals surface area contributed by atoms with E-state index in [0.29, 0.717) is 23.7 Å². The second-order valence-corrected chi connectivity index (χ2v) is 9.79. The zero-order chi connectivity index (χ0) is 22.9. The Labute approximate surface area is 192 Å². The second-order valence-electron chi connectivity index (χ2n) is 7.62. The summed E-state index contributed by atoms with van der Waals surface area (Å²) in [6.45, 7) is 3.30. The molecule has 32 heavy (non-hydrogen) atoms. The quantitative estimate of drug-likeness (QED) is 0.589. The van der Waals surface area contributed by atoms with Crippen LogP contribution in [0.5, 0.6) is 5.75 Å². The largest absolute Gasteiger partial charge is 0.495 e. The highest BCUT2D eigenvalue weighted by Crippen LogP contribution is 2.30. The smallest absolute Gasteiger partial charge is 0.254 e. The Morgan fingerprint density at radius 2 is 1.91 bits per heavy atom. The van der Waals surface area contributed by atoms with Gasteiger partial charge in [0.05, 0.1) is 13.2 Å². The van der Waals surface area contributed by atoms with E-state index in [4.69, 9.17) is 16.3 Å². The van der Waals surface area contributed by atoms with Crippen LogP contribution in [0.4, 0.5) is 0 Å². The van der Waals surface area contributed by atoms with Crippen LogP contribution >= 0.6 is 11.6 Å². The Bertz CT molecular complexity index is 1240. The molecule has 1 amide bonds. The molecule has 1 aliphatic heterocycles. The van der Waals surface area contributed by atoms with Gasteiger partial charge in [0.15, 0.2) is 0 Å². The molecule has 0 fully saturated rings. The minimum Gasteiger partial charge on any atom is -0.495 e. The first-order valence-electron chi connectivity index (χ1n) is 10.2. The summed E-state index contributed by atoms with van der Waals surface area (Å²) in [6.07, 6.45) is 2.00. The number of aromatic nitrogens is 1. The number of halogens is 1. The first kappa shape index (κ1) is 22.4. The predicted octanol–water partition coefficient (Wildman–Crippen LogP) is 3.85. The third-order valence-corrected chi connectivity index (χ3v) is 7.36. The van der Waals surface area contributed by atoms with Crippen molar-refractivity contribution in [3.63, 3.8) is 0 Å². The van der Waals surface area contributed by atoms with Crippen LogP contribution in [0.2, 0.25) is 5.02 Å². The molecule has 2 heterocycles. The van der Waals surface area contributed by atoms with Crippen molar-refractivity contribution in [2.24, 2.45) is 0 Å². The zero-order valence-corrected chi connectivity index (χ0v) is 19.4. The zero-order valence-electron chi connectivity index (χ0n) is 17.8. The number of carbonyl (C=O) groups is 1. The van der Waals surface area contributed by atoms with Gasteiger partial charge >= 0.3 is 0 Å². The molecule has 0 saturated carbocycles. The molecule has 9 heteroatoms. The Morgan fingerprint density at radius 3 is 2.62 bits per heavy atom. The SMILES string of the molecule is COc1ccc(C(=O)N2CCn3cccc3C2C)cc1S(=O)(=O)NCc1ccc(Cl)cc1. The first-order valence-corrected chi connectivity index (χ1v) is 12.0. The van der Waals surface area contributed by atoms with Crippen LogP contribution in [0, 0.1) is 0 Å². The molecule has 0 saturated heterocycles. The number of methoxy groups -OCH3 is 1. The molecule has 1 aliphatic rings. The molecule has 168 valence electrons. The van der Waals surface area contributed by atoms with Crippen LogP contribution in [0.25, 0.3) is 0 Å². The Balaban J connectivity index is 1.59. The molecule has 1 N–H and O–H groups in total. The summed E-state index contributed by atoms with van der Waals surface area (Å²) in [4.78, 5) is 15.0. The molecule has 0 spiro atoms. The number of benzene rings is 2. The van der Waals surface area contributed by atoms with Gasteiger partial charge in [-0.15, -0.1) is 0 Å². The number of amides is 1. The topological polar surface area (TPSA) is 80.6 Å². The van der Waals surface area contributed by atoms with E-state index in [2.05, 4.69) is 9.29 Å². The van der Waals surface area contributed by atoms with Crippen LogP contribution in [0.3, 0.4) is 0 Å². The van der Waals surface area contributed by atoms with E-state index in [9.17, 15) is 13.2 Å². The van der Waals surface area contributed by atoms with Crippen LogP contribution in [-0.4, -0.2) is 37.4 Å². The summed E-state index contributed by atoms with van der Waals surface area (Å²) in [6, 6.07) is 15.2. The molecule has 7 nitrogen and oxygen atoms in total. The van der Waals surface area contributed by atoms with Gasteiger partial charge < -0.3 is 14.2 Å². The summed E-state index contributed by atoms with van der Waals surface area (Å²) < 4.78 is 36.1. The number of nitrogens with one attached hydrogen (secondary N) is 1. The molecule has 2 aromatic carbocycles. The van der Waals surface area contributed by atoms with E-state index in [1.807, 2.05) is 25.3 Å². The van der Waals surface area contributed by atoms with Gasteiger partial charge in [-0.3, -0.25) is 4.79 Å². The highest BCUT2D eigenvalue weighted by Gasteiger charge is 2.29. The summed E-state index contributed by atoms with van der Waals surface area (Å²) >= 11 is 5.89. The van der Waals surface area contributed by atoms with Crippen LogP contribution in [0.1, 0.15) is 34.6 Å². The lowest BCUT2D eigenvalue weighted by atomic mass is 10.1. The molecular weight excluding hydrogens is 450 g/mol. The van der Waals surface area contributed by atoms with Gasteiger partial charge in [0.2, 0.25) is 10.0 Å². The maximum absolute atomic E-state index is 13.3. The van der Waals surface area contributed by atoms with Crippen molar-refractivity contribution in [1.29, 1.82) is 0 Å². The lowest BCUT2D eigenvalue weighted by Crippen LogP contribution is -2.40. The summed E-state index contributed by atoms with van der Waals surface area (Å²) in [5.41, 5.74) is 2.11. The normalized spacial score (nSPS) is 16.0. The summed E-state index contributed by atoms with van der Waals surface area (Å²) in [5, 5.41) is 0.573. The predicted molar refractivity (Wildman–Crippen MR) is 122 cm³/mol. The third-order valence-electron chi connectivity index (χ3n) is 5.68. The van der Waals surface area contributed by atoms with Crippen LogP contribution < -0.4 is 9.46 Å². The lowest BCUT2D eigenvalue weighted by molar-refractivity contribution is 0.0643. The highest BCUT2D eigenvalue weighted by atomic mass is 35.5. The minimum absolute atomic E-state index is 0.0761. The highest BCUT2D eigenvalue weighted by molar-refractivity contribution is 7.89. The molecule has 0 aliphatic carbocycles. The lowest BCUT2D eigenvalue weighted by Gasteiger charge is -2.35. The Hall–Kier alpha value is -2.81. The van der Waals surface area contributed by atoms with Gasteiger partial charge in [0, 0.05) is 42.1 Å². The minimum atomic E-state index is -3.93. The van der Waals surface area contributed by atoms with Crippen molar-refractivity contribution >= 4 is 27.5 Å². The molecule has 4 rings (SSSR count). The van der Waals surface area contributed by atoms with Gasteiger partial charge in [-0.1, -0.05) is 23.7 Å². The van der Waals surface area contributed by atoms with Gasteiger partial charge in [0.1, 0.15) is 10.6 Å². The average Bonchev–Trinajstić information content (AvgIpc) is 3.28. The van der Waals surface area contributed by atoms with E-state index < -0.39 is 10.0 Å². The number of nitrogens with zero attached hydrogens (tertiary/aromatic N) is 2. The fourth-order valence-corrected chi connectivity index (χ4v) is 5.24. The first-order chi connectivity index (χ1) is 15.3. The van der Waals surface area contributed by atoms with E-state index in [1.54, 1.807) is 35.2 Å². The van der Waals surface area contributed by atoms with Gasteiger partial charge in [0.25, 0.3) is 5.91 Å². The van der Waals surface area contributed by atoms with Crippen LogP contribution in [-0.2, 0) is 23.1 Å². The summed E-state index contributed by atoms with van der Waals surface area (Å²) in [7, 11) is -2.54. The fourth-order valence-electron chi connectivity index (χ4n) is 3.90. The molecule has 0 radical (unpaired) electrons. The van der Waals surface area contributed by atoms with Crippen molar-refractivity contribution in [2.45, 2.75) is 31.0 Å². The van der Waals surface area contributed by atoms with E-state index in [1.165, 1.54) is 19.2 Å². The number of carbonyl (C=O) groups excluding carboxylic acids is 1. The van der Waals surface area contributed by atoms with E-state index in [-0.39, 0.29) is 29.1 Å². The van der Waals surface area contributed by atoms with Crippen molar-refractivity contribution in [2.75, 3.05) is 13.7 Å². The van der Waals surface area contributed by atoms with Crippen molar-refractivity contribution in [3.05, 3.63) is 82.6 Å². The summed E-state index contributed by atoms with van der Waals surface area (Å²) in [5.74, 6) is -0.0486. The molecular formula is C23H24ClN3O4S. The second kappa shape index (κ2) is 8.97. The maximum atomic E-state index is 13.3. The van der Waals surface area contributed by atoms with E-state index in [0.717, 1.165) is 11.3 Å². The van der Waals surface area contributed by atoms with Crippen LogP contribution in [0.15, 0.2) is 65.7 Å². The monoisotopic (exact) mass is 473 g/mol. The molecule has 1 aromatic heterocycles. The third kappa shape index (κ3) is 4.39. The van der Waals surface area contributed by atoms with Crippen molar-refractivity contribution < 1.29 is 17.9 Å². The average molecular weight is 474 g/mol. The molecule has 0 bridgehead atoms. The molecule has 3 aromatic rings. The van der Waals surface area contributed by atoms with Crippen molar-refractivity contribution in [3.8, 4) is 5.75 Å². The van der Waals surface area contributed by atoms with Crippen molar-refractivity contribution in [1.82, 2.24) is 14.2 Å². The number of hydrogen-bond acceptors (Lipinski definition) is 4. The standard InChI is InChI=1S/C23H24ClN3O4S/c1-16-20-4-3-11-26(20)12-13-27(16)23(28)18-7-10-21(31-2)22(14-18)32(29,30)25-15-17-5-8-19(24)9-6-17/h3-11,14,16,25H,12-13,15H2,1-2H3. The van der Waals surface area contributed by atoms with Gasteiger partial charge in [-0.05, 0) is 55.0 Å². The number of ether oxygens (including phenoxy) is 1. The number of hydrogen-bond donors (Lipinski definition) is 1. The van der Waals surface area contributed by atoms with E-state index >= 15 is 0 Å². The number of sulfonamides is 1. The number of rotatable bonds is 6. The Morgan fingerprint density at radius 1 is 1.16 bits per heavy atom. The molecule has 1 unspecified atom stereocenters. The van der Waals surface area contributed by atoms with Gasteiger partial charge in [-0.25, -0.2) is 13.1 Å². The fraction of sp³-hybridized carbons (Fsp3) is 0.261. The Kier molecular flexibility index (Phi) is 6.28. The maximum Gasteiger partial charge on any atom is 0.254 e. The molecule has 1 atom stereocenters.